The summed E-state index contributed by atoms with van der Waals surface area (Å²) < 4.78 is 6.78. The molecule has 0 aliphatic heterocycles. The van der Waals surface area contributed by atoms with Gasteiger partial charge in [0.25, 0.3) is 0 Å². The summed E-state index contributed by atoms with van der Waals surface area (Å²) in [4.78, 5) is 9.16. The smallest absolute Gasteiger partial charge is 0.218 e. The SMILES string of the molecule is Cc1nc2c(c(Sc3nnc(-c4ccco4)n3N)n1)CCCC2. The predicted molar refractivity (Wildman–Crippen MR) is 85.4 cm³/mol. The number of aromatic nitrogens is 5. The first kappa shape index (κ1) is 14.3. The molecule has 0 atom stereocenters. The Bertz CT molecular complexity index is 842. The van der Waals surface area contributed by atoms with Gasteiger partial charge < -0.3 is 10.3 Å². The molecule has 0 saturated heterocycles. The van der Waals surface area contributed by atoms with Crippen LogP contribution in [-0.4, -0.2) is 24.8 Å². The van der Waals surface area contributed by atoms with E-state index in [1.165, 1.54) is 34.8 Å². The minimum absolute atomic E-state index is 0.497. The van der Waals surface area contributed by atoms with E-state index in [9.17, 15) is 0 Å². The van der Waals surface area contributed by atoms with Crippen LogP contribution in [0.2, 0.25) is 0 Å². The Morgan fingerprint density at radius 1 is 1.22 bits per heavy atom. The average molecular weight is 328 g/mol. The van der Waals surface area contributed by atoms with Crippen LogP contribution in [-0.2, 0) is 12.8 Å². The summed E-state index contributed by atoms with van der Waals surface area (Å²) in [7, 11) is 0. The number of nitrogen functional groups attached to an aromatic ring is 1. The Morgan fingerprint density at radius 2 is 2.09 bits per heavy atom. The molecule has 0 fully saturated rings. The number of nitrogens with zero attached hydrogens (tertiary/aromatic N) is 5. The molecule has 1 aliphatic carbocycles. The highest BCUT2D eigenvalue weighted by molar-refractivity contribution is 7.99. The van der Waals surface area contributed by atoms with E-state index in [1.54, 1.807) is 18.4 Å². The minimum atomic E-state index is 0.497. The van der Waals surface area contributed by atoms with Gasteiger partial charge in [0.15, 0.2) is 5.76 Å². The van der Waals surface area contributed by atoms with E-state index in [2.05, 4.69) is 20.2 Å². The van der Waals surface area contributed by atoms with Gasteiger partial charge in [-0.25, -0.2) is 14.6 Å². The van der Waals surface area contributed by atoms with Gasteiger partial charge in [0, 0.05) is 11.3 Å². The first-order chi connectivity index (χ1) is 11.2. The molecule has 0 radical (unpaired) electrons. The van der Waals surface area contributed by atoms with Crippen LogP contribution < -0.4 is 5.84 Å². The molecule has 23 heavy (non-hydrogen) atoms. The van der Waals surface area contributed by atoms with Crippen molar-refractivity contribution in [2.24, 2.45) is 0 Å². The van der Waals surface area contributed by atoms with Crippen LogP contribution >= 0.6 is 11.8 Å². The van der Waals surface area contributed by atoms with E-state index in [0.29, 0.717) is 16.7 Å². The van der Waals surface area contributed by atoms with Gasteiger partial charge in [0.05, 0.1) is 6.26 Å². The zero-order valence-corrected chi connectivity index (χ0v) is 13.5. The molecule has 0 spiro atoms. The second-order valence-corrected chi connectivity index (χ2v) is 6.42. The van der Waals surface area contributed by atoms with E-state index in [0.717, 1.165) is 29.4 Å². The van der Waals surface area contributed by atoms with Crippen LogP contribution in [0.3, 0.4) is 0 Å². The highest BCUT2D eigenvalue weighted by Crippen LogP contribution is 2.33. The van der Waals surface area contributed by atoms with Gasteiger partial charge in [0.1, 0.15) is 10.9 Å². The van der Waals surface area contributed by atoms with Crippen LogP contribution in [0.15, 0.2) is 33.0 Å². The molecule has 0 saturated carbocycles. The largest absolute Gasteiger partial charge is 0.461 e. The van der Waals surface area contributed by atoms with Gasteiger partial charge in [0.2, 0.25) is 11.0 Å². The molecule has 3 aromatic rings. The van der Waals surface area contributed by atoms with Crippen LogP contribution in [0.5, 0.6) is 0 Å². The van der Waals surface area contributed by atoms with Gasteiger partial charge in [-0.2, -0.15) is 0 Å². The zero-order valence-electron chi connectivity index (χ0n) is 12.7. The molecule has 0 bridgehead atoms. The Labute approximate surface area is 137 Å². The number of nitrogens with two attached hydrogens (primary N) is 1. The fraction of sp³-hybridized carbons (Fsp3) is 0.333. The molecule has 0 aromatic carbocycles. The van der Waals surface area contributed by atoms with E-state index >= 15 is 0 Å². The summed E-state index contributed by atoms with van der Waals surface area (Å²) in [5.41, 5.74) is 2.37. The lowest BCUT2D eigenvalue weighted by molar-refractivity contribution is 0.574. The summed E-state index contributed by atoms with van der Waals surface area (Å²) in [6.45, 7) is 1.92. The van der Waals surface area contributed by atoms with Gasteiger partial charge in [-0.05, 0) is 56.5 Å². The lowest BCUT2D eigenvalue weighted by atomic mass is 9.97. The first-order valence-corrected chi connectivity index (χ1v) is 8.32. The maximum absolute atomic E-state index is 6.12. The highest BCUT2D eigenvalue weighted by atomic mass is 32.2. The Hall–Kier alpha value is -2.35. The summed E-state index contributed by atoms with van der Waals surface area (Å²) >= 11 is 1.43. The molecule has 0 unspecified atom stereocenters. The molecular formula is C15H16N6OS. The molecule has 3 aromatic heterocycles. The Balaban J connectivity index is 1.71. The fourth-order valence-corrected chi connectivity index (χ4v) is 3.73. The summed E-state index contributed by atoms with van der Waals surface area (Å²) in [6.07, 6.45) is 5.95. The van der Waals surface area contributed by atoms with Crippen molar-refractivity contribution in [2.45, 2.75) is 42.8 Å². The van der Waals surface area contributed by atoms with Crippen molar-refractivity contribution in [2.75, 3.05) is 5.84 Å². The van der Waals surface area contributed by atoms with Crippen molar-refractivity contribution in [1.82, 2.24) is 24.8 Å². The number of rotatable bonds is 3. The van der Waals surface area contributed by atoms with Gasteiger partial charge in [-0.1, -0.05) is 0 Å². The number of fused-ring (bicyclic) bond motifs is 1. The first-order valence-electron chi connectivity index (χ1n) is 7.51. The number of hydrogen-bond donors (Lipinski definition) is 1. The average Bonchev–Trinajstić information content (AvgIpc) is 3.18. The molecule has 8 heteroatoms. The maximum Gasteiger partial charge on any atom is 0.218 e. The topological polar surface area (TPSA) is 95.7 Å². The molecule has 1 aliphatic rings. The van der Waals surface area contributed by atoms with Crippen molar-refractivity contribution < 1.29 is 4.42 Å². The number of aryl methyl sites for hydroxylation is 2. The minimum Gasteiger partial charge on any atom is -0.461 e. The molecular weight excluding hydrogens is 312 g/mol. The zero-order chi connectivity index (χ0) is 15.8. The third-order valence-corrected chi connectivity index (χ3v) is 4.84. The van der Waals surface area contributed by atoms with Crippen molar-refractivity contribution in [3.8, 4) is 11.6 Å². The third kappa shape index (κ3) is 2.59. The van der Waals surface area contributed by atoms with Gasteiger partial charge in [-0.15, -0.1) is 10.2 Å². The van der Waals surface area contributed by atoms with Crippen LogP contribution in [0, 0.1) is 6.92 Å². The Morgan fingerprint density at radius 3 is 2.91 bits per heavy atom. The standard InChI is InChI=1S/C15H16N6OS/c1-9-17-11-6-3-2-5-10(11)14(18-9)23-15-20-19-13(21(15)16)12-7-4-8-22-12/h4,7-8H,2-3,5-6,16H2,1H3. The molecule has 2 N–H and O–H groups in total. The molecule has 3 heterocycles. The predicted octanol–water partition coefficient (Wildman–Crippen LogP) is 2.38. The second kappa shape index (κ2) is 5.69. The molecule has 7 nitrogen and oxygen atoms in total. The monoisotopic (exact) mass is 328 g/mol. The quantitative estimate of drug-likeness (QED) is 0.582. The van der Waals surface area contributed by atoms with E-state index in [4.69, 9.17) is 10.3 Å². The van der Waals surface area contributed by atoms with Crippen LogP contribution in [0.25, 0.3) is 11.6 Å². The summed E-state index contributed by atoms with van der Waals surface area (Å²) in [5.74, 6) is 7.99. The summed E-state index contributed by atoms with van der Waals surface area (Å²) in [5, 5.41) is 9.81. The molecule has 0 amide bonds. The second-order valence-electron chi connectivity index (χ2n) is 5.46. The number of hydrogen-bond acceptors (Lipinski definition) is 7. The molecule has 4 rings (SSSR count). The normalized spacial score (nSPS) is 14.0. The van der Waals surface area contributed by atoms with E-state index in [-0.39, 0.29) is 0 Å². The van der Waals surface area contributed by atoms with Crippen LogP contribution in [0.1, 0.15) is 29.9 Å². The van der Waals surface area contributed by atoms with Crippen molar-refractivity contribution in [1.29, 1.82) is 0 Å². The van der Waals surface area contributed by atoms with Crippen LogP contribution in [0.4, 0.5) is 0 Å². The lowest BCUT2D eigenvalue weighted by Gasteiger charge is -2.17. The summed E-state index contributed by atoms with van der Waals surface area (Å²) in [6, 6.07) is 3.60. The fourth-order valence-electron chi connectivity index (χ4n) is 2.77. The van der Waals surface area contributed by atoms with E-state index < -0.39 is 0 Å². The van der Waals surface area contributed by atoms with Crippen molar-refractivity contribution in [3.63, 3.8) is 0 Å². The van der Waals surface area contributed by atoms with Crippen molar-refractivity contribution in [3.05, 3.63) is 35.5 Å². The third-order valence-electron chi connectivity index (χ3n) is 3.85. The highest BCUT2D eigenvalue weighted by Gasteiger charge is 2.21. The van der Waals surface area contributed by atoms with Gasteiger partial charge in [-0.3, -0.25) is 0 Å². The van der Waals surface area contributed by atoms with Crippen molar-refractivity contribution >= 4 is 11.8 Å². The number of furan rings is 1. The lowest BCUT2D eigenvalue weighted by Crippen LogP contribution is -2.13. The van der Waals surface area contributed by atoms with E-state index in [1.807, 2.05) is 6.92 Å². The molecule has 118 valence electrons. The maximum atomic E-state index is 6.12. The van der Waals surface area contributed by atoms with Gasteiger partial charge >= 0.3 is 0 Å². The Kier molecular flexibility index (Phi) is 3.53.